The first-order valence-corrected chi connectivity index (χ1v) is 17.5. The highest BCUT2D eigenvalue weighted by Gasteiger charge is 2.49. The molecule has 0 aliphatic carbocycles. The molecular formula is C25H44N2O13P2. The Kier molecular flexibility index (Phi) is 12.7. The van der Waals surface area contributed by atoms with Gasteiger partial charge in [0.15, 0.2) is 12.5 Å². The predicted molar refractivity (Wildman–Crippen MR) is 150 cm³/mol. The second-order valence-electron chi connectivity index (χ2n) is 10.5. The molecule has 0 radical (unpaired) electrons. The molecule has 42 heavy (non-hydrogen) atoms. The van der Waals surface area contributed by atoms with Crippen molar-refractivity contribution in [1.82, 2.24) is 9.55 Å². The molecule has 0 saturated carbocycles. The number of nitrogens with one attached hydrogen (secondary N) is 1. The molecule has 3 rings (SSSR count). The number of aliphatic hydroxyl groups is 3. The molecule has 11 unspecified atom stereocenters. The minimum atomic E-state index is -4.70. The molecule has 2 fully saturated rings. The van der Waals surface area contributed by atoms with E-state index in [1.807, 2.05) is 18.8 Å². The zero-order valence-electron chi connectivity index (χ0n) is 24.6. The maximum atomic E-state index is 13.6. The average molecular weight is 643 g/mol. The fraction of sp³-hybridized carbons (Fsp3) is 0.840. The summed E-state index contributed by atoms with van der Waals surface area (Å²) < 4.78 is 60.8. The van der Waals surface area contributed by atoms with Gasteiger partial charge in [-0.3, -0.25) is 32.5 Å². The zero-order valence-corrected chi connectivity index (χ0v) is 26.4. The van der Waals surface area contributed by atoms with Gasteiger partial charge in [0, 0.05) is 25.3 Å². The molecule has 3 heterocycles. The molecule has 0 bridgehead atoms. The van der Waals surface area contributed by atoms with E-state index in [-0.39, 0.29) is 23.9 Å². The molecule has 11 atom stereocenters. The van der Waals surface area contributed by atoms with Crippen LogP contribution in [0.3, 0.4) is 0 Å². The van der Waals surface area contributed by atoms with Crippen molar-refractivity contribution in [3.05, 3.63) is 33.1 Å². The molecular weight excluding hydrogens is 598 g/mol. The Bertz CT molecular complexity index is 1230. The van der Waals surface area contributed by atoms with Crippen LogP contribution in [0.1, 0.15) is 66.0 Å². The highest BCUT2D eigenvalue weighted by molar-refractivity contribution is 7.64. The summed E-state index contributed by atoms with van der Waals surface area (Å²) in [7, 11) is -8.28. The fourth-order valence-corrected chi connectivity index (χ4v) is 8.95. The Morgan fingerprint density at radius 3 is 2.19 bits per heavy atom. The summed E-state index contributed by atoms with van der Waals surface area (Å²) in [6, 6.07) is 1.03. The molecule has 2 aliphatic heterocycles. The fourth-order valence-electron chi connectivity index (χ4n) is 5.89. The Morgan fingerprint density at radius 2 is 1.64 bits per heavy atom. The summed E-state index contributed by atoms with van der Waals surface area (Å²) in [5, 5.41) is 30.9. The van der Waals surface area contributed by atoms with Gasteiger partial charge in [0.05, 0.1) is 12.7 Å². The number of hydrogen-bond acceptors (Lipinski definition) is 13. The zero-order chi connectivity index (χ0) is 31.2. The molecule has 17 heteroatoms. The number of aliphatic hydroxyl groups excluding tert-OH is 3. The van der Waals surface area contributed by atoms with Crippen molar-refractivity contribution < 1.29 is 51.8 Å². The van der Waals surface area contributed by atoms with Crippen molar-refractivity contribution in [2.45, 2.75) is 96.7 Å². The number of hydrogen-bond donors (Lipinski definition) is 4. The molecule has 242 valence electrons. The van der Waals surface area contributed by atoms with E-state index in [9.17, 15) is 34.0 Å². The van der Waals surface area contributed by atoms with Crippen molar-refractivity contribution in [1.29, 1.82) is 0 Å². The van der Waals surface area contributed by atoms with Crippen molar-refractivity contribution >= 4 is 15.4 Å². The third-order valence-corrected chi connectivity index (χ3v) is 11.6. The van der Waals surface area contributed by atoms with E-state index in [0.717, 1.165) is 49.6 Å². The summed E-state index contributed by atoms with van der Waals surface area (Å²) in [6.07, 6.45) is -3.22. The molecule has 2 saturated heterocycles. The van der Waals surface area contributed by atoms with Gasteiger partial charge in [0.25, 0.3) is 5.56 Å². The van der Waals surface area contributed by atoms with Gasteiger partial charge in [-0.05, 0) is 24.7 Å². The maximum absolute atomic E-state index is 13.6. The quantitative estimate of drug-likeness (QED) is 0.203. The molecule has 0 amide bonds. The lowest BCUT2D eigenvalue weighted by atomic mass is 9.71. The first-order valence-electron chi connectivity index (χ1n) is 14.3. The lowest BCUT2D eigenvalue weighted by Gasteiger charge is -2.47. The third kappa shape index (κ3) is 7.89. The van der Waals surface area contributed by atoms with Gasteiger partial charge in [-0.1, -0.05) is 47.0 Å². The Hall–Kier alpha value is -1.22. The van der Waals surface area contributed by atoms with Gasteiger partial charge in [-0.2, -0.15) is 0 Å². The first kappa shape index (κ1) is 35.3. The predicted octanol–water partition coefficient (Wildman–Crippen LogP) is 2.71. The summed E-state index contributed by atoms with van der Waals surface area (Å²) in [4.78, 5) is 25.5. The lowest BCUT2D eigenvalue weighted by molar-refractivity contribution is -0.226. The van der Waals surface area contributed by atoms with Gasteiger partial charge in [-0.15, -0.1) is 0 Å². The van der Waals surface area contributed by atoms with Crippen molar-refractivity contribution in [3.8, 4) is 0 Å². The number of aromatic amines is 1. The molecule has 0 aromatic carbocycles. The van der Waals surface area contributed by atoms with E-state index >= 15 is 0 Å². The summed E-state index contributed by atoms with van der Waals surface area (Å²) in [6.45, 7) is 7.48. The molecule has 1 aromatic rings. The molecule has 4 N–H and O–H groups in total. The van der Waals surface area contributed by atoms with Crippen molar-refractivity contribution in [3.63, 3.8) is 0 Å². The van der Waals surface area contributed by atoms with Gasteiger partial charge in [-0.25, -0.2) is 13.7 Å². The number of ether oxygens (including phenoxy) is 2. The van der Waals surface area contributed by atoms with E-state index in [1.54, 1.807) is 0 Å². The summed E-state index contributed by atoms with van der Waals surface area (Å²) in [5.74, 6) is 0.297. The monoisotopic (exact) mass is 642 g/mol. The third-order valence-electron chi connectivity index (χ3n) is 7.97. The number of H-pyrrole nitrogens is 1. The number of phosphoric acid groups is 1. The van der Waals surface area contributed by atoms with Crippen LogP contribution in [-0.4, -0.2) is 75.6 Å². The van der Waals surface area contributed by atoms with Crippen LogP contribution >= 0.6 is 15.4 Å². The van der Waals surface area contributed by atoms with Crippen LogP contribution in [0.5, 0.6) is 0 Å². The topological polar surface area (TPSA) is 205 Å². The highest BCUT2D eigenvalue weighted by atomic mass is 31.3. The van der Waals surface area contributed by atoms with E-state index < -0.39 is 70.5 Å². The Morgan fingerprint density at radius 1 is 0.976 bits per heavy atom. The second-order valence-corrected chi connectivity index (χ2v) is 14.4. The number of nitrogens with zero attached hydrogens (tertiary/aromatic N) is 1. The number of phosphoric ester groups is 1. The van der Waals surface area contributed by atoms with Crippen LogP contribution in [0, 0.1) is 17.8 Å². The smallest absolute Gasteiger partial charge is 0.387 e. The van der Waals surface area contributed by atoms with Crippen LogP contribution in [0.25, 0.3) is 0 Å². The maximum Gasteiger partial charge on any atom is 0.481 e. The van der Waals surface area contributed by atoms with Gasteiger partial charge in [0.2, 0.25) is 0 Å². The standard InChI is InChI=1S/C25H44N2O13P2/c1-6-10-18-16(8-3)15(7-2)17(9-4)24(38-18)39-41(33,14-28)40-42(34,35-5)36-13-19-21(30)22(31)23(37-19)27-12-11-20(29)26-25(27)32/h11-12,15-19,21-24,28,30-31H,6-10,13-14H2,1-5H3,(H,26,29,32). The highest BCUT2D eigenvalue weighted by Crippen LogP contribution is 2.66. The number of rotatable bonds is 15. The first-order chi connectivity index (χ1) is 19.9. The van der Waals surface area contributed by atoms with Gasteiger partial charge >= 0.3 is 21.1 Å². The average Bonchev–Trinajstić information content (AvgIpc) is 3.24. The molecule has 1 aromatic heterocycles. The minimum Gasteiger partial charge on any atom is -0.387 e. The summed E-state index contributed by atoms with van der Waals surface area (Å²) >= 11 is 0. The van der Waals surface area contributed by atoms with Crippen LogP contribution in [0.2, 0.25) is 0 Å². The molecule has 15 nitrogen and oxygen atoms in total. The molecule has 0 spiro atoms. The second kappa shape index (κ2) is 15.2. The minimum absolute atomic E-state index is 0.161. The number of aromatic nitrogens is 2. The van der Waals surface area contributed by atoms with E-state index in [0.29, 0.717) is 6.42 Å². The van der Waals surface area contributed by atoms with Crippen LogP contribution in [-0.2, 0) is 36.5 Å². The van der Waals surface area contributed by atoms with Gasteiger partial charge in [0.1, 0.15) is 24.7 Å². The van der Waals surface area contributed by atoms with Crippen molar-refractivity contribution in [2.75, 3.05) is 20.1 Å². The van der Waals surface area contributed by atoms with Crippen molar-refractivity contribution in [2.24, 2.45) is 17.8 Å². The molecule has 2 aliphatic rings. The van der Waals surface area contributed by atoms with Gasteiger partial charge < -0.3 is 24.8 Å². The van der Waals surface area contributed by atoms with Crippen LogP contribution in [0.15, 0.2) is 21.9 Å². The largest absolute Gasteiger partial charge is 0.481 e. The lowest BCUT2D eigenvalue weighted by Crippen LogP contribution is -2.48. The van der Waals surface area contributed by atoms with E-state index in [2.05, 4.69) is 13.8 Å². The van der Waals surface area contributed by atoms with Crippen LogP contribution < -0.4 is 11.2 Å². The van der Waals surface area contributed by atoms with Crippen LogP contribution in [0.4, 0.5) is 0 Å². The summed E-state index contributed by atoms with van der Waals surface area (Å²) in [5.41, 5.74) is -1.56. The van der Waals surface area contributed by atoms with E-state index in [1.165, 1.54) is 0 Å². The normalized spacial score (nSPS) is 34.6. The Labute approximate surface area is 244 Å². The van der Waals surface area contributed by atoms with E-state index in [4.69, 9.17) is 27.4 Å². The Balaban J connectivity index is 1.74. The SMILES string of the molecule is CCCC1OC(OP(=O)(CO)OP(=O)(OC)OCC2OC(n3ccc(=O)[nH]c3=O)C(O)C2O)C(CC)C(CC)C1CC.